The molecule has 3 aromatic rings. The number of carbonyl (C=O) groups is 1. The fourth-order valence-electron chi connectivity index (χ4n) is 4.04. The number of nitro groups is 1. The number of hydrogen-bond donors (Lipinski definition) is 1. The van der Waals surface area contributed by atoms with Gasteiger partial charge in [-0.25, -0.2) is 0 Å². The van der Waals surface area contributed by atoms with Gasteiger partial charge in [-0.15, -0.1) is 0 Å². The Kier molecular flexibility index (Phi) is 6.20. The normalized spacial score (nSPS) is 15.9. The third-order valence-corrected chi connectivity index (χ3v) is 6.34. The first-order valence-electron chi connectivity index (χ1n) is 10.5. The zero-order valence-corrected chi connectivity index (χ0v) is 19.7. The van der Waals surface area contributed by atoms with E-state index < -0.39 is 4.92 Å². The van der Waals surface area contributed by atoms with Gasteiger partial charge < -0.3 is 9.88 Å². The fourth-order valence-corrected chi connectivity index (χ4v) is 4.85. The number of carbonyl (C=O) groups excluding carboxylic acids is 1. The molecule has 0 aliphatic carbocycles. The van der Waals surface area contributed by atoms with Crippen molar-refractivity contribution in [3.05, 3.63) is 97.2 Å². The molecule has 0 unspecified atom stereocenters. The van der Waals surface area contributed by atoms with Gasteiger partial charge >= 0.3 is 0 Å². The number of amidine groups is 1. The van der Waals surface area contributed by atoms with E-state index in [4.69, 9.17) is 0 Å². The van der Waals surface area contributed by atoms with Crippen LogP contribution in [-0.4, -0.2) is 20.6 Å². The number of non-ortho nitro benzene ring substituents is 1. The molecule has 0 atom stereocenters. The number of aromatic nitrogens is 1. The van der Waals surface area contributed by atoms with Crippen molar-refractivity contribution in [2.45, 2.75) is 34.2 Å². The largest absolute Gasteiger partial charge is 0.318 e. The van der Waals surface area contributed by atoms with Crippen molar-refractivity contribution in [2.75, 3.05) is 0 Å². The number of nitrogens with zero attached hydrogens (tertiary/aromatic N) is 3. The van der Waals surface area contributed by atoms with E-state index in [0.717, 1.165) is 22.5 Å². The van der Waals surface area contributed by atoms with Crippen molar-refractivity contribution in [1.82, 2.24) is 9.88 Å². The van der Waals surface area contributed by atoms with Gasteiger partial charge in [-0.1, -0.05) is 35.4 Å². The van der Waals surface area contributed by atoms with E-state index in [-0.39, 0.29) is 11.6 Å². The van der Waals surface area contributed by atoms with Crippen LogP contribution in [0.15, 0.2) is 58.4 Å². The molecule has 1 fully saturated rings. The van der Waals surface area contributed by atoms with Crippen LogP contribution in [-0.2, 0) is 11.3 Å². The molecule has 1 aromatic heterocycles. The smallest absolute Gasteiger partial charge is 0.271 e. The van der Waals surface area contributed by atoms with Gasteiger partial charge in [-0.2, -0.15) is 0 Å². The molecular formula is C25H24N4O3S. The molecule has 33 heavy (non-hydrogen) atoms. The Bertz CT molecular complexity index is 1320. The van der Waals surface area contributed by atoms with Crippen LogP contribution >= 0.6 is 11.8 Å². The average Bonchev–Trinajstić information content (AvgIpc) is 3.24. The number of aliphatic imine (C=N–C) groups is 1. The van der Waals surface area contributed by atoms with Crippen LogP contribution in [0.25, 0.3) is 11.8 Å². The van der Waals surface area contributed by atoms with Gasteiger partial charge in [0.05, 0.1) is 22.1 Å². The van der Waals surface area contributed by atoms with E-state index in [1.807, 2.05) is 36.6 Å². The molecule has 2 aromatic carbocycles. The predicted octanol–water partition coefficient (Wildman–Crippen LogP) is 5.38. The highest BCUT2D eigenvalue weighted by Crippen LogP contribution is 2.30. The van der Waals surface area contributed by atoms with E-state index in [9.17, 15) is 14.9 Å². The van der Waals surface area contributed by atoms with Crippen molar-refractivity contribution in [3.63, 3.8) is 0 Å². The lowest BCUT2D eigenvalue weighted by molar-refractivity contribution is -0.384. The van der Waals surface area contributed by atoms with Crippen LogP contribution in [0.4, 0.5) is 5.69 Å². The standard InChI is InChI=1S/C25H24N4O3S/c1-15-8-16(2)10-19(9-15)14-26-25-27-24(30)23(33-25)12-20-11-17(3)28(18(20)4)21-6-5-7-22(13-21)29(31)32/h5-13H,14H2,1-4H3,(H,26,27,30)/b23-12-. The summed E-state index contributed by atoms with van der Waals surface area (Å²) in [4.78, 5) is 28.4. The molecule has 0 saturated carbocycles. The van der Waals surface area contributed by atoms with Crippen LogP contribution in [0.2, 0.25) is 0 Å². The third-order valence-electron chi connectivity index (χ3n) is 5.39. The van der Waals surface area contributed by atoms with Gasteiger partial charge in [0.1, 0.15) is 0 Å². The number of hydrogen-bond acceptors (Lipinski definition) is 5. The summed E-state index contributed by atoms with van der Waals surface area (Å²) in [5.74, 6) is -0.181. The minimum atomic E-state index is -0.404. The Hall–Kier alpha value is -3.65. The fraction of sp³-hybridized carbons (Fsp3) is 0.200. The molecule has 0 bridgehead atoms. The number of thioether (sulfide) groups is 1. The van der Waals surface area contributed by atoms with E-state index in [1.165, 1.54) is 29.0 Å². The highest BCUT2D eigenvalue weighted by Gasteiger charge is 2.24. The van der Waals surface area contributed by atoms with Crippen molar-refractivity contribution < 1.29 is 9.72 Å². The summed E-state index contributed by atoms with van der Waals surface area (Å²) in [6.45, 7) is 8.48. The Morgan fingerprint density at radius 2 is 1.82 bits per heavy atom. The molecule has 4 rings (SSSR count). The number of aryl methyl sites for hydroxylation is 3. The summed E-state index contributed by atoms with van der Waals surface area (Å²) >= 11 is 1.32. The maximum Gasteiger partial charge on any atom is 0.271 e. The number of nitrogens with one attached hydrogen (secondary N) is 1. The third kappa shape index (κ3) is 4.90. The first kappa shape index (κ1) is 22.5. The van der Waals surface area contributed by atoms with Crippen LogP contribution in [0.3, 0.4) is 0 Å². The van der Waals surface area contributed by atoms with E-state index in [2.05, 4.69) is 42.4 Å². The van der Waals surface area contributed by atoms with Gasteiger partial charge in [-0.3, -0.25) is 19.9 Å². The Balaban J connectivity index is 1.58. The van der Waals surface area contributed by atoms with Crippen LogP contribution in [0, 0.1) is 37.8 Å². The lowest BCUT2D eigenvalue weighted by Gasteiger charge is -2.09. The topological polar surface area (TPSA) is 89.5 Å². The van der Waals surface area contributed by atoms with Crippen molar-refractivity contribution in [3.8, 4) is 5.69 Å². The molecule has 1 aliphatic rings. The second-order valence-corrected chi connectivity index (χ2v) is 9.15. The Morgan fingerprint density at radius 3 is 2.52 bits per heavy atom. The molecule has 1 aliphatic heterocycles. The molecule has 168 valence electrons. The molecule has 1 saturated heterocycles. The van der Waals surface area contributed by atoms with E-state index in [1.54, 1.807) is 12.1 Å². The van der Waals surface area contributed by atoms with Gasteiger partial charge in [0, 0.05) is 23.5 Å². The highest BCUT2D eigenvalue weighted by molar-refractivity contribution is 8.18. The van der Waals surface area contributed by atoms with Crippen LogP contribution in [0.1, 0.15) is 33.6 Å². The predicted molar refractivity (Wildman–Crippen MR) is 133 cm³/mol. The number of amides is 1. The van der Waals surface area contributed by atoms with Crippen molar-refractivity contribution in [2.24, 2.45) is 4.99 Å². The summed E-state index contributed by atoms with van der Waals surface area (Å²) in [6, 6.07) is 14.8. The SMILES string of the molecule is Cc1cc(C)cc(CN=C2NC(=O)/C(=C/c3cc(C)n(-c4cccc([N+](=O)[O-])c4)c3C)S2)c1. The molecule has 0 radical (unpaired) electrons. The molecular weight excluding hydrogens is 436 g/mol. The quantitative estimate of drug-likeness (QED) is 0.314. The number of rotatable bonds is 5. The minimum absolute atomic E-state index is 0.0373. The molecule has 0 spiro atoms. The van der Waals surface area contributed by atoms with Gasteiger partial charge in [0.25, 0.3) is 11.6 Å². The lowest BCUT2D eigenvalue weighted by Crippen LogP contribution is -2.19. The van der Waals surface area contributed by atoms with Crippen LogP contribution < -0.4 is 5.32 Å². The van der Waals surface area contributed by atoms with Gasteiger partial charge in [-0.05, 0) is 68.8 Å². The lowest BCUT2D eigenvalue weighted by atomic mass is 10.1. The number of benzene rings is 2. The molecule has 7 nitrogen and oxygen atoms in total. The molecule has 1 amide bonds. The summed E-state index contributed by atoms with van der Waals surface area (Å²) in [5.41, 5.74) is 6.93. The first-order chi connectivity index (χ1) is 15.7. The zero-order valence-electron chi connectivity index (χ0n) is 18.9. The van der Waals surface area contributed by atoms with Crippen molar-refractivity contribution >= 4 is 34.6 Å². The van der Waals surface area contributed by atoms with Crippen molar-refractivity contribution in [1.29, 1.82) is 0 Å². The number of nitro benzene ring substituents is 1. The van der Waals surface area contributed by atoms with E-state index >= 15 is 0 Å². The van der Waals surface area contributed by atoms with E-state index in [0.29, 0.717) is 22.3 Å². The minimum Gasteiger partial charge on any atom is -0.318 e. The summed E-state index contributed by atoms with van der Waals surface area (Å²) in [6.07, 6.45) is 1.84. The van der Waals surface area contributed by atoms with Gasteiger partial charge in [0.2, 0.25) is 0 Å². The summed E-state index contributed by atoms with van der Waals surface area (Å²) in [7, 11) is 0. The van der Waals surface area contributed by atoms with Crippen LogP contribution in [0.5, 0.6) is 0 Å². The zero-order chi connectivity index (χ0) is 23.7. The molecule has 8 heteroatoms. The second kappa shape index (κ2) is 9.07. The highest BCUT2D eigenvalue weighted by atomic mass is 32.2. The summed E-state index contributed by atoms with van der Waals surface area (Å²) in [5, 5.41) is 14.6. The second-order valence-electron chi connectivity index (χ2n) is 8.12. The average molecular weight is 461 g/mol. The maximum absolute atomic E-state index is 12.5. The molecule has 2 heterocycles. The summed E-state index contributed by atoms with van der Waals surface area (Å²) < 4.78 is 1.95. The monoisotopic (exact) mass is 460 g/mol. The maximum atomic E-state index is 12.5. The molecule has 1 N–H and O–H groups in total. The Morgan fingerprint density at radius 1 is 1.09 bits per heavy atom. The Labute approximate surface area is 196 Å². The first-order valence-corrected chi connectivity index (χ1v) is 11.3. The van der Waals surface area contributed by atoms with Gasteiger partial charge in [0.15, 0.2) is 5.17 Å².